The van der Waals surface area contributed by atoms with Crippen LogP contribution in [-0.2, 0) is 16.6 Å². The third-order valence-corrected chi connectivity index (χ3v) is 3.08. The van der Waals surface area contributed by atoms with Crippen LogP contribution in [0.15, 0.2) is 29.2 Å². The van der Waals surface area contributed by atoms with E-state index in [1.807, 2.05) is 20.8 Å². The zero-order valence-electron chi connectivity index (χ0n) is 11.2. The van der Waals surface area contributed by atoms with Crippen LogP contribution in [0, 0.1) is 0 Å². The van der Waals surface area contributed by atoms with Gasteiger partial charge in [-0.05, 0) is 38.5 Å². The van der Waals surface area contributed by atoms with Gasteiger partial charge in [-0.1, -0.05) is 12.1 Å². The van der Waals surface area contributed by atoms with Crippen molar-refractivity contribution in [1.82, 2.24) is 10.6 Å². The summed E-state index contributed by atoms with van der Waals surface area (Å²) in [4.78, 5) is 11.6. The standard InChI is InChI=1S/C12H19N3O3S/c1-12(2,3)15-11(16)14-8-9-5-4-6-10(7-9)19(13,17)18/h4-7H,8H2,1-3H3,(H2,13,17,18)(H2,14,15,16). The van der Waals surface area contributed by atoms with E-state index in [4.69, 9.17) is 5.14 Å². The molecule has 4 N–H and O–H groups in total. The minimum atomic E-state index is -3.72. The molecule has 1 aromatic rings. The number of urea groups is 1. The first-order chi connectivity index (χ1) is 8.58. The summed E-state index contributed by atoms with van der Waals surface area (Å²) in [6.07, 6.45) is 0. The lowest BCUT2D eigenvalue weighted by Gasteiger charge is -2.20. The highest BCUT2D eigenvalue weighted by atomic mass is 32.2. The van der Waals surface area contributed by atoms with Crippen LogP contribution >= 0.6 is 0 Å². The van der Waals surface area contributed by atoms with E-state index in [0.717, 1.165) is 0 Å². The normalized spacial score (nSPS) is 12.0. The van der Waals surface area contributed by atoms with E-state index in [1.165, 1.54) is 12.1 Å². The Bertz CT molecular complexity index is 562. The minimum Gasteiger partial charge on any atom is -0.334 e. The van der Waals surface area contributed by atoms with Crippen LogP contribution < -0.4 is 15.8 Å². The second-order valence-corrected chi connectivity index (χ2v) is 6.81. The van der Waals surface area contributed by atoms with E-state index in [9.17, 15) is 13.2 Å². The van der Waals surface area contributed by atoms with Crippen molar-refractivity contribution in [2.75, 3.05) is 0 Å². The molecule has 0 aliphatic carbocycles. The van der Waals surface area contributed by atoms with Crippen molar-refractivity contribution in [3.63, 3.8) is 0 Å². The molecule has 2 amide bonds. The monoisotopic (exact) mass is 285 g/mol. The molecule has 6 nitrogen and oxygen atoms in total. The maximum Gasteiger partial charge on any atom is 0.315 e. The molecular formula is C12H19N3O3S. The van der Waals surface area contributed by atoms with Crippen LogP contribution in [0.3, 0.4) is 0 Å². The van der Waals surface area contributed by atoms with E-state index in [1.54, 1.807) is 12.1 Å². The number of primary sulfonamides is 1. The predicted molar refractivity (Wildman–Crippen MR) is 72.9 cm³/mol. The molecule has 0 heterocycles. The van der Waals surface area contributed by atoms with Gasteiger partial charge in [0, 0.05) is 12.1 Å². The fraction of sp³-hybridized carbons (Fsp3) is 0.417. The molecule has 0 aromatic heterocycles. The predicted octanol–water partition coefficient (Wildman–Crippen LogP) is 0.932. The molecule has 1 rings (SSSR count). The topological polar surface area (TPSA) is 101 Å². The van der Waals surface area contributed by atoms with E-state index in [2.05, 4.69) is 10.6 Å². The number of carbonyl (C=O) groups is 1. The first-order valence-corrected chi connectivity index (χ1v) is 7.30. The van der Waals surface area contributed by atoms with Crippen LogP contribution in [0.2, 0.25) is 0 Å². The number of hydrogen-bond acceptors (Lipinski definition) is 3. The van der Waals surface area contributed by atoms with Gasteiger partial charge in [-0.15, -0.1) is 0 Å². The van der Waals surface area contributed by atoms with E-state index in [-0.39, 0.29) is 23.0 Å². The Morgan fingerprint density at radius 2 is 1.95 bits per heavy atom. The summed E-state index contributed by atoms with van der Waals surface area (Å²) in [5, 5.41) is 10.4. The fourth-order valence-corrected chi connectivity index (χ4v) is 1.98. The van der Waals surface area contributed by atoms with E-state index in [0.29, 0.717) is 5.56 Å². The van der Waals surface area contributed by atoms with Gasteiger partial charge in [0.1, 0.15) is 0 Å². The summed E-state index contributed by atoms with van der Waals surface area (Å²) >= 11 is 0. The summed E-state index contributed by atoms with van der Waals surface area (Å²) in [6.45, 7) is 5.84. The molecule has 0 unspecified atom stereocenters. The fourth-order valence-electron chi connectivity index (χ4n) is 1.40. The van der Waals surface area contributed by atoms with Crippen molar-refractivity contribution in [2.45, 2.75) is 37.8 Å². The molecule has 0 fully saturated rings. The van der Waals surface area contributed by atoms with Gasteiger partial charge in [0.25, 0.3) is 0 Å². The molecule has 0 aliphatic rings. The maximum atomic E-state index is 11.5. The molecule has 1 aromatic carbocycles. The van der Waals surface area contributed by atoms with Crippen LogP contribution in [0.4, 0.5) is 4.79 Å². The van der Waals surface area contributed by atoms with Gasteiger partial charge < -0.3 is 10.6 Å². The van der Waals surface area contributed by atoms with Crippen LogP contribution in [0.5, 0.6) is 0 Å². The number of amides is 2. The lowest BCUT2D eigenvalue weighted by molar-refractivity contribution is 0.231. The number of rotatable bonds is 3. The number of nitrogens with one attached hydrogen (secondary N) is 2. The summed E-state index contributed by atoms with van der Waals surface area (Å²) in [5.41, 5.74) is 0.336. The average molecular weight is 285 g/mol. The second-order valence-electron chi connectivity index (χ2n) is 5.25. The van der Waals surface area contributed by atoms with Gasteiger partial charge in [0.2, 0.25) is 10.0 Å². The van der Waals surface area contributed by atoms with Gasteiger partial charge in [-0.3, -0.25) is 0 Å². The third-order valence-electron chi connectivity index (χ3n) is 2.17. The Morgan fingerprint density at radius 1 is 1.32 bits per heavy atom. The summed E-state index contributed by atoms with van der Waals surface area (Å²) < 4.78 is 22.4. The number of nitrogens with two attached hydrogens (primary N) is 1. The Hall–Kier alpha value is -1.60. The largest absolute Gasteiger partial charge is 0.334 e. The van der Waals surface area contributed by atoms with Crippen LogP contribution in [0.1, 0.15) is 26.3 Å². The Balaban J connectivity index is 2.67. The lowest BCUT2D eigenvalue weighted by atomic mass is 10.1. The molecule has 0 spiro atoms. The Morgan fingerprint density at radius 3 is 2.47 bits per heavy atom. The van der Waals surface area contributed by atoms with Gasteiger partial charge in [0.05, 0.1) is 4.90 Å². The van der Waals surface area contributed by atoms with E-state index >= 15 is 0 Å². The van der Waals surface area contributed by atoms with Gasteiger partial charge in [0.15, 0.2) is 0 Å². The minimum absolute atomic E-state index is 0.0306. The first kappa shape index (κ1) is 15.5. The molecule has 0 radical (unpaired) electrons. The molecular weight excluding hydrogens is 266 g/mol. The third kappa shape index (κ3) is 5.71. The number of hydrogen-bond donors (Lipinski definition) is 3. The number of sulfonamides is 1. The zero-order chi connectivity index (χ0) is 14.7. The van der Waals surface area contributed by atoms with Crippen molar-refractivity contribution in [3.05, 3.63) is 29.8 Å². The zero-order valence-corrected chi connectivity index (χ0v) is 12.0. The van der Waals surface area contributed by atoms with Crippen LogP contribution in [-0.4, -0.2) is 20.0 Å². The second kappa shape index (κ2) is 5.58. The highest BCUT2D eigenvalue weighted by Crippen LogP contribution is 2.09. The van der Waals surface area contributed by atoms with Crippen molar-refractivity contribution in [2.24, 2.45) is 5.14 Å². The van der Waals surface area contributed by atoms with Crippen molar-refractivity contribution >= 4 is 16.1 Å². The molecule has 0 saturated carbocycles. The summed E-state index contributed by atoms with van der Waals surface area (Å²) in [5.74, 6) is 0. The average Bonchev–Trinajstić information content (AvgIpc) is 2.23. The smallest absolute Gasteiger partial charge is 0.315 e. The molecule has 0 saturated heterocycles. The quantitative estimate of drug-likeness (QED) is 0.770. The molecule has 0 atom stereocenters. The first-order valence-electron chi connectivity index (χ1n) is 5.76. The van der Waals surface area contributed by atoms with Crippen molar-refractivity contribution in [1.29, 1.82) is 0 Å². The van der Waals surface area contributed by atoms with Gasteiger partial charge in [-0.25, -0.2) is 18.4 Å². The van der Waals surface area contributed by atoms with Crippen LogP contribution in [0.25, 0.3) is 0 Å². The summed E-state index contributed by atoms with van der Waals surface area (Å²) in [6, 6.07) is 5.83. The molecule has 7 heteroatoms. The SMILES string of the molecule is CC(C)(C)NC(=O)NCc1cccc(S(N)(=O)=O)c1. The van der Waals surface area contributed by atoms with Gasteiger partial charge >= 0.3 is 6.03 Å². The lowest BCUT2D eigenvalue weighted by Crippen LogP contribution is -2.46. The number of benzene rings is 1. The number of carbonyl (C=O) groups excluding carboxylic acids is 1. The Kier molecular flexibility index (Phi) is 4.54. The highest BCUT2D eigenvalue weighted by Gasteiger charge is 2.13. The molecule has 0 aliphatic heterocycles. The van der Waals surface area contributed by atoms with Crippen molar-refractivity contribution < 1.29 is 13.2 Å². The maximum absolute atomic E-state index is 11.5. The highest BCUT2D eigenvalue weighted by molar-refractivity contribution is 7.89. The molecule has 19 heavy (non-hydrogen) atoms. The molecule has 0 bridgehead atoms. The van der Waals surface area contributed by atoms with Crippen molar-refractivity contribution in [3.8, 4) is 0 Å². The molecule has 106 valence electrons. The van der Waals surface area contributed by atoms with Gasteiger partial charge in [-0.2, -0.15) is 0 Å². The van der Waals surface area contributed by atoms with E-state index < -0.39 is 10.0 Å². The Labute approximate surface area is 113 Å². The summed E-state index contributed by atoms with van der Waals surface area (Å²) in [7, 11) is -3.72.